The zero-order valence-electron chi connectivity index (χ0n) is 14.2. The fourth-order valence-corrected chi connectivity index (χ4v) is 2.56. The molecule has 0 spiro atoms. The van der Waals surface area contributed by atoms with Gasteiger partial charge < -0.3 is 15.2 Å². The maximum atomic E-state index is 6.00. The predicted molar refractivity (Wildman–Crippen MR) is 107 cm³/mol. The van der Waals surface area contributed by atoms with Crippen LogP contribution in [0.1, 0.15) is 11.1 Å². The second-order valence-corrected chi connectivity index (χ2v) is 5.87. The number of benzene rings is 2. The first-order valence-corrected chi connectivity index (χ1v) is 8.30. The third-order valence-corrected chi connectivity index (χ3v) is 3.76. The summed E-state index contributed by atoms with van der Waals surface area (Å²) in [6.07, 6.45) is 3.38. The van der Waals surface area contributed by atoms with E-state index in [2.05, 4.69) is 15.5 Å². The number of aromatic nitrogens is 1. The molecule has 132 valence electrons. The van der Waals surface area contributed by atoms with E-state index in [1.165, 1.54) is 0 Å². The van der Waals surface area contributed by atoms with Crippen molar-refractivity contribution in [2.75, 3.05) is 7.11 Å². The van der Waals surface area contributed by atoms with E-state index in [1.807, 2.05) is 48.5 Å². The minimum absolute atomic E-state index is 0.113. The lowest BCUT2D eigenvalue weighted by Gasteiger charge is -2.12. The van der Waals surface area contributed by atoms with Gasteiger partial charge in [-0.15, -0.1) is 0 Å². The van der Waals surface area contributed by atoms with E-state index in [9.17, 15) is 0 Å². The van der Waals surface area contributed by atoms with Crippen molar-refractivity contribution in [2.45, 2.75) is 6.61 Å². The van der Waals surface area contributed by atoms with Gasteiger partial charge in [-0.2, -0.15) is 5.10 Å². The zero-order chi connectivity index (χ0) is 18.4. The predicted octanol–water partition coefficient (Wildman–Crippen LogP) is 2.99. The Morgan fingerprint density at radius 1 is 1.23 bits per heavy atom. The number of fused-ring (bicyclic) bond motifs is 1. The second kappa shape index (κ2) is 8.26. The smallest absolute Gasteiger partial charge is 0.184 e. The van der Waals surface area contributed by atoms with E-state index in [4.69, 9.17) is 27.4 Å². The largest absolute Gasteiger partial charge is 0.496 e. The molecule has 0 aliphatic heterocycles. The SMILES string of the molecule is COc1ccc(C=NNC(N)=S)cc1COc1cccc2cccnc12. The molecule has 1 heterocycles. The Morgan fingerprint density at radius 3 is 2.88 bits per heavy atom. The summed E-state index contributed by atoms with van der Waals surface area (Å²) in [5.74, 6) is 1.46. The zero-order valence-corrected chi connectivity index (χ0v) is 15.0. The van der Waals surface area contributed by atoms with E-state index in [0.29, 0.717) is 6.61 Å². The number of hydrogen-bond acceptors (Lipinski definition) is 5. The van der Waals surface area contributed by atoms with Crippen molar-refractivity contribution in [2.24, 2.45) is 10.8 Å². The number of nitrogens with zero attached hydrogens (tertiary/aromatic N) is 2. The number of hydrazone groups is 1. The summed E-state index contributed by atoms with van der Waals surface area (Å²) in [5.41, 5.74) is 10.5. The molecular weight excluding hydrogens is 348 g/mol. The van der Waals surface area contributed by atoms with Crippen molar-refractivity contribution in [3.8, 4) is 11.5 Å². The van der Waals surface area contributed by atoms with Crippen molar-refractivity contribution in [3.05, 3.63) is 65.9 Å². The fourth-order valence-electron chi connectivity index (χ4n) is 2.51. The minimum Gasteiger partial charge on any atom is -0.496 e. The van der Waals surface area contributed by atoms with Crippen LogP contribution in [0.2, 0.25) is 0 Å². The molecule has 0 fully saturated rings. The Morgan fingerprint density at radius 2 is 2.08 bits per heavy atom. The summed E-state index contributed by atoms with van der Waals surface area (Å²) in [6.45, 7) is 0.337. The lowest BCUT2D eigenvalue weighted by Crippen LogP contribution is -2.24. The van der Waals surface area contributed by atoms with Crippen LogP contribution in [0.5, 0.6) is 11.5 Å². The number of pyridine rings is 1. The van der Waals surface area contributed by atoms with Crippen molar-refractivity contribution in [1.29, 1.82) is 0 Å². The molecule has 2 aromatic carbocycles. The van der Waals surface area contributed by atoms with E-state index in [1.54, 1.807) is 19.5 Å². The minimum atomic E-state index is 0.113. The molecule has 1 aromatic heterocycles. The molecule has 0 unspecified atom stereocenters. The van der Waals surface area contributed by atoms with Crippen LogP contribution < -0.4 is 20.6 Å². The second-order valence-electron chi connectivity index (χ2n) is 5.43. The molecule has 3 N–H and O–H groups in total. The topological polar surface area (TPSA) is 81.8 Å². The van der Waals surface area contributed by atoms with Crippen molar-refractivity contribution < 1.29 is 9.47 Å². The standard InChI is InChI=1S/C19H18N4O2S/c1-24-16-8-7-13(11-22-23-19(20)26)10-15(16)12-25-17-6-2-4-14-5-3-9-21-18(14)17/h2-11H,12H2,1H3,(H3,20,23,26). The first kappa shape index (κ1) is 17.6. The van der Waals surface area contributed by atoms with Crippen LogP contribution in [0.4, 0.5) is 0 Å². The van der Waals surface area contributed by atoms with Gasteiger partial charge in [-0.05, 0) is 48.1 Å². The number of para-hydroxylation sites is 1. The Hall–Kier alpha value is -3.19. The van der Waals surface area contributed by atoms with E-state index >= 15 is 0 Å². The molecule has 26 heavy (non-hydrogen) atoms. The summed E-state index contributed by atoms with van der Waals surface area (Å²) in [4.78, 5) is 4.40. The molecule has 0 aliphatic rings. The number of nitrogens with one attached hydrogen (secondary N) is 1. The first-order chi connectivity index (χ1) is 12.7. The number of methoxy groups -OCH3 is 1. The van der Waals surface area contributed by atoms with Gasteiger partial charge in [-0.1, -0.05) is 18.2 Å². The highest BCUT2D eigenvalue weighted by atomic mass is 32.1. The van der Waals surface area contributed by atoms with E-state index < -0.39 is 0 Å². The van der Waals surface area contributed by atoms with Crippen molar-refractivity contribution >= 4 is 34.4 Å². The highest BCUT2D eigenvalue weighted by Gasteiger charge is 2.08. The third kappa shape index (κ3) is 4.25. The Labute approximate surface area is 156 Å². The van der Waals surface area contributed by atoms with E-state index in [-0.39, 0.29) is 5.11 Å². The molecule has 6 nitrogen and oxygen atoms in total. The van der Waals surface area contributed by atoms with E-state index in [0.717, 1.165) is 33.5 Å². The Bertz CT molecular complexity index is 954. The molecule has 0 radical (unpaired) electrons. The highest BCUT2D eigenvalue weighted by Crippen LogP contribution is 2.26. The molecule has 0 bridgehead atoms. The Balaban J connectivity index is 1.81. The molecule has 7 heteroatoms. The van der Waals surface area contributed by atoms with Gasteiger partial charge in [0.2, 0.25) is 0 Å². The van der Waals surface area contributed by atoms with Gasteiger partial charge in [0.15, 0.2) is 5.11 Å². The molecule has 0 aliphatic carbocycles. The van der Waals surface area contributed by atoms with Gasteiger partial charge in [0.1, 0.15) is 23.6 Å². The van der Waals surface area contributed by atoms with Crippen LogP contribution in [-0.4, -0.2) is 23.4 Å². The normalized spacial score (nSPS) is 10.8. The molecule has 0 atom stereocenters. The lowest BCUT2D eigenvalue weighted by atomic mass is 10.1. The molecule has 3 rings (SSSR count). The van der Waals surface area contributed by atoms with Crippen LogP contribution in [0, 0.1) is 0 Å². The monoisotopic (exact) mass is 366 g/mol. The lowest BCUT2D eigenvalue weighted by molar-refractivity contribution is 0.299. The summed E-state index contributed by atoms with van der Waals surface area (Å²) in [5, 5.41) is 5.11. The molecule has 0 saturated carbocycles. The first-order valence-electron chi connectivity index (χ1n) is 7.89. The van der Waals surface area contributed by atoms with Crippen molar-refractivity contribution in [3.63, 3.8) is 0 Å². The summed E-state index contributed by atoms with van der Waals surface area (Å²) in [7, 11) is 1.63. The van der Waals surface area contributed by atoms with Gasteiger partial charge in [-0.3, -0.25) is 10.4 Å². The number of thiocarbonyl (C=S) groups is 1. The number of ether oxygens (including phenoxy) is 2. The van der Waals surface area contributed by atoms with Crippen LogP contribution in [0.25, 0.3) is 10.9 Å². The number of nitrogens with two attached hydrogens (primary N) is 1. The molecular formula is C19H18N4O2S. The van der Waals surface area contributed by atoms with Gasteiger partial charge >= 0.3 is 0 Å². The quantitative estimate of drug-likeness (QED) is 0.396. The van der Waals surface area contributed by atoms with Crippen molar-refractivity contribution in [1.82, 2.24) is 10.4 Å². The molecule has 0 amide bonds. The summed E-state index contributed by atoms with van der Waals surface area (Å²) < 4.78 is 11.4. The van der Waals surface area contributed by atoms with Crippen LogP contribution >= 0.6 is 12.2 Å². The average Bonchev–Trinajstić information content (AvgIpc) is 2.66. The van der Waals surface area contributed by atoms with Crippen LogP contribution in [0.3, 0.4) is 0 Å². The fraction of sp³-hybridized carbons (Fsp3) is 0.105. The van der Waals surface area contributed by atoms with Crippen LogP contribution in [-0.2, 0) is 6.61 Å². The van der Waals surface area contributed by atoms with Gasteiger partial charge in [0.05, 0.1) is 13.3 Å². The average molecular weight is 366 g/mol. The Kier molecular flexibility index (Phi) is 5.60. The van der Waals surface area contributed by atoms with Crippen LogP contribution in [0.15, 0.2) is 59.8 Å². The van der Waals surface area contributed by atoms with Gasteiger partial charge in [0.25, 0.3) is 0 Å². The highest BCUT2D eigenvalue weighted by molar-refractivity contribution is 7.80. The maximum Gasteiger partial charge on any atom is 0.184 e. The number of hydrogen-bond donors (Lipinski definition) is 2. The number of rotatable bonds is 6. The third-order valence-electron chi connectivity index (χ3n) is 3.67. The van der Waals surface area contributed by atoms with Gasteiger partial charge in [-0.25, -0.2) is 0 Å². The van der Waals surface area contributed by atoms with Gasteiger partial charge in [0, 0.05) is 17.1 Å². The summed E-state index contributed by atoms with van der Waals surface area (Å²) in [6, 6.07) is 15.4. The summed E-state index contributed by atoms with van der Waals surface area (Å²) >= 11 is 4.72. The molecule has 3 aromatic rings. The molecule has 0 saturated heterocycles. The maximum absolute atomic E-state index is 6.00.